The minimum Gasteiger partial charge on any atom is -0.494 e. The second-order valence-electron chi connectivity index (χ2n) is 8.12. The quantitative estimate of drug-likeness (QED) is 0.767. The molecule has 2 amide bonds. The molecule has 146 valence electrons. The standard InChI is InChI=1S/C21H34N2O3/c1-5-12-25-18-10-8-16(9-11-18)14-22-20(24)23-15-17-7-6-13-26-19(17)21(2,3)4/h8-11,17,19H,5-7,12-15H2,1-4H3,(H2,22,23,24). The van der Waals surface area contributed by atoms with Crippen LogP contribution < -0.4 is 15.4 Å². The van der Waals surface area contributed by atoms with Gasteiger partial charge < -0.3 is 20.1 Å². The molecule has 2 unspecified atom stereocenters. The summed E-state index contributed by atoms with van der Waals surface area (Å²) in [5.41, 5.74) is 1.14. The molecule has 0 radical (unpaired) electrons. The molecule has 0 aliphatic carbocycles. The van der Waals surface area contributed by atoms with Crippen molar-refractivity contribution in [2.45, 2.75) is 59.6 Å². The highest BCUT2D eigenvalue weighted by Gasteiger charge is 2.35. The van der Waals surface area contributed by atoms with Crippen LogP contribution in [0.1, 0.15) is 52.5 Å². The van der Waals surface area contributed by atoms with Crippen molar-refractivity contribution in [2.24, 2.45) is 11.3 Å². The molecular formula is C21H34N2O3. The molecule has 1 aliphatic rings. The summed E-state index contributed by atoms with van der Waals surface area (Å²) in [6.45, 7) is 11.4. The average Bonchev–Trinajstić information content (AvgIpc) is 2.63. The highest BCUT2D eigenvalue weighted by atomic mass is 16.5. The summed E-state index contributed by atoms with van der Waals surface area (Å²) in [6, 6.07) is 7.72. The van der Waals surface area contributed by atoms with Crippen molar-refractivity contribution in [3.8, 4) is 5.75 Å². The first-order valence-corrected chi connectivity index (χ1v) is 9.75. The number of hydrogen-bond acceptors (Lipinski definition) is 3. The van der Waals surface area contributed by atoms with Gasteiger partial charge in [-0.1, -0.05) is 39.8 Å². The number of ether oxygens (including phenoxy) is 2. The summed E-state index contributed by atoms with van der Waals surface area (Å²) < 4.78 is 11.5. The maximum absolute atomic E-state index is 12.1. The molecule has 1 aromatic carbocycles. The van der Waals surface area contributed by atoms with E-state index in [2.05, 4.69) is 38.3 Å². The van der Waals surface area contributed by atoms with Gasteiger partial charge in [-0.3, -0.25) is 0 Å². The van der Waals surface area contributed by atoms with Gasteiger partial charge in [0.2, 0.25) is 0 Å². The Bertz CT molecular complexity index is 551. The van der Waals surface area contributed by atoms with Gasteiger partial charge in [0.15, 0.2) is 0 Å². The monoisotopic (exact) mass is 362 g/mol. The third kappa shape index (κ3) is 6.52. The summed E-state index contributed by atoms with van der Waals surface area (Å²) in [4.78, 5) is 12.1. The van der Waals surface area contributed by atoms with Crippen molar-refractivity contribution in [2.75, 3.05) is 19.8 Å². The lowest BCUT2D eigenvalue weighted by molar-refractivity contribution is -0.0837. The predicted octanol–water partition coefficient (Wildman–Crippen LogP) is 4.12. The summed E-state index contributed by atoms with van der Waals surface area (Å²) >= 11 is 0. The van der Waals surface area contributed by atoms with Crippen molar-refractivity contribution in [3.63, 3.8) is 0 Å². The van der Waals surface area contributed by atoms with E-state index in [-0.39, 0.29) is 17.6 Å². The molecule has 1 saturated heterocycles. The first-order valence-electron chi connectivity index (χ1n) is 9.75. The molecule has 0 saturated carbocycles. The molecule has 26 heavy (non-hydrogen) atoms. The first kappa shape index (κ1) is 20.6. The molecule has 0 spiro atoms. The Morgan fingerprint density at radius 3 is 2.62 bits per heavy atom. The molecule has 5 nitrogen and oxygen atoms in total. The van der Waals surface area contributed by atoms with Gasteiger partial charge in [-0.25, -0.2) is 4.79 Å². The van der Waals surface area contributed by atoms with E-state index in [1.807, 2.05) is 24.3 Å². The highest BCUT2D eigenvalue weighted by molar-refractivity contribution is 5.73. The van der Waals surface area contributed by atoms with Crippen molar-refractivity contribution >= 4 is 6.03 Å². The number of hydrogen-bond donors (Lipinski definition) is 2. The molecule has 1 fully saturated rings. The molecule has 1 aromatic rings. The molecule has 1 aliphatic heterocycles. The van der Waals surface area contributed by atoms with Crippen molar-refractivity contribution < 1.29 is 14.3 Å². The third-order valence-electron chi connectivity index (χ3n) is 4.67. The Hall–Kier alpha value is -1.75. The van der Waals surface area contributed by atoms with Gasteiger partial charge in [0.1, 0.15) is 5.75 Å². The second-order valence-corrected chi connectivity index (χ2v) is 8.12. The van der Waals surface area contributed by atoms with E-state index in [0.29, 0.717) is 19.0 Å². The fraction of sp³-hybridized carbons (Fsp3) is 0.667. The van der Waals surface area contributed by atoms with E-state index in [9.17, 15) is 4.79 Å². The van der Waals surface area contributed by atoms with E-state index < -0.39 is 0 Å². The molecule has 2 N–H and O–H groups in total. The van der Waals surface area contributed by atoms with Crippen molar-refractivity contribution in [1.29, 1.82) is 0 Å². The smallest absolute Gasteiger partial charge is 0.315 e. The fourth-order valence-electron chi connectivity index (χ4n) is 3.40. The Balaban J connectivity index is 1.74. The SMILES string of the molecule is CCCOc1ccc(CNC(=O)NCC2CCCOC2C(C)(C)C)cc1. The number of benzene rings is 1. The van der Waals surface area contributed by atoms with Crippen molar-refractivity contribution in [3.05, 3.63) is 29.8 Å². The van der Waals surface area contributed by atoms with Crippen LogP contribution in [-0.4, -0.2) is 31.9 Å². The Morgan fingerprint density at radius 2 is 1.96 bits per heavy atom. The largest absolute Gasteiger partial charge is 0.494 e. The molecule has 0 aromatic heterocycles. The zero-order valence-electron chi connectivity index (χ0n) is 16.6. The third-order valence-corrected chi connectivity index (χ3v) is 4.67. The van der Waals surface area contributed by atoms with E-state index in [4.69, 9.17) is 9.47 Å². The number of carbonyl (C=O) groups is 1. The molecule has 2 rings (SSSR count). The first-order chi connectivity index (χ1) is 12.4. The van der Waals surface area contributed by atoms with Gasteiger partial charge in [-0.15, -0.1) is 0 Å². The minimum absolute atomic E-state index is 0.0881. The predicted molar refractivity (Wildman–Crippen MR) is 104 cm³/mol. The Morgan fingerprint density at radius 1 is 1.23 bits per heavy atom. The maximum atomic E-state index is 12.1. The topological polar surface area (TPSA) is 59.6 Å². The van der Waals surface area contributed by atoms with Crippen LogP contribution in [-0.2, 0) is 11.3 Å². The lowest BCUT2D eigenvalue weighted by Crippen LogP contribution is -2.46. The summed E-state index contributed by atoms with van der Waals surface area (Å²) in [6.07, 6.45) is 3.34. The zero-order valence-corrected chi connectivity index (χ0v) is 16.6. The van der Waals surface area contributed by atoms with Crippen LogP contribution in [0.3, 0.4) is 0 Å². The van der Waals surface area contributed by atoms with E-state index in [0.717, 1.165) is 43.8 Å². The number of carbonyl (C=O) groups excluding carboxylic acids is 1. The summed E-state index contributed by atoms with van der Waals surface area (Å²) in [5.74, 6) is 1.23. The fourth-order valence-corrected chi connectivity index (χ4v) is 3.40. The lowest BCUT2D eigenvalue weighted by atomic mass is 9.78. The van der Waals surface area contributed by atoms with Gasteiger partial charge in [-0.05, 0) is 42.4 Å². The van der Waals surface area contributed by atoms with Crippen LogP contribution in [0.15, 0.2) is 24.3 Å². The van der Waals surface area contributed by atoms with Gasteiger partial charge in [0.05, 0.1) is 12.7 Å². The van der Waals surface area contributed by atoms with Gasteiger partial charge in [0, 0.05) is 25.6 Å². The molecule has 1 heterocycles. The Labute approximate surface area is 157 Å². The Kier molecular flexibility index (Phi) is 7.76. The van der Waals surface area contributed by atoms with Crippen LogP contribution in [0.2, 0.25) is 0 Å². The zero-order chi connectivity index (χ0) is 19.0. The molecule has 5 heteroatoms. The van der Waals surface area contributed by atoms with Gasteiger partial charge >= 0.3 is 6.03 Å². The normalized spacial score (nSPS) is 20.5. The van der Waals surface area contributed by atoms with Crippen LogP contribution in [0.4, 0.5) is 4.79 Å². The van der Waals surface area contributed by atoms with E-state index >= 15 is 0 Å². The highest BCUT2D eigenvalue weighted by Crippen LogP contribution is 2.33. The number of amides is 2. The minimum atomic E-state index is -0.130. The molecule has 0 bridgehead atoms. The van der Waals surface area contributed by atoms with E-state index in [1.165, 1.54) is 0 Å². The van der Waals surface area contributed by atoms with Crippen molar-refractivity contribution in [1.82, 2.24) is 10.6 Å². The average molecular weight is 363 g/mol. The number of nitrogens with one attached hydrogen (secondary N) is 2. The molecular weight excluding hydrogens is 328 g/mol. The van der Waals surface area contributed by atoms with Gasteiger partial charge in [-0.2, -0.15) is 0 Å². The maximum Gasteiger partial charge on any atom is 0.315 e. The summed E-state index contributed by atoms with van der Waals surface area (Å²) in [5, 5.41) is 5.93. The van der Waals surface area contributed by atoms with Crippen LogP contribution in [0.25, 0.3) is 0 Å². The van der Waals surface area contributed by atoms with Crippen LogP contribution in [0, 0.1) is 11.3 Å². The summed E-state index contributed by atoms with van der Waals surface area (Å²) in [7, 11) is 0. The second kappa shape index (κ2) is 9.81. The number of rotatable bonds is 7. The van der Waals surface area contributed by atoms with Crippen LogP contribution in [0.5, 0.6) is 5.75 Å². The lowest BCUT2D eigenvalue weighted by Gasteiger charge is -2.40. The van der Waals surface area contributed by atoms with Gasteiger partial charge in [0.25, 0.3) is 0 Å². The van der Waals surface area contributed by atoms with E-state index in [1.54, 1.807) is 0 Å². The molecule has 2 atom stereocenters. The van der Waals surface area contributed by atoms with Crippen LogP contribution >= 0.6 is 0 Å². The number of urea groups is 1.